The van der Waals surface area contributed by atoms with Crippen molar-refractivity contribution in [2.24, 2.45) is 5.10 Å². The van der Waals surface area contributed by atoms with E-state index in [9.17, 15) is 19.7 Å². The van der Waals surface area contributed by atoms with Crippen LogP contribution in [0.5, 0.6) is 5.75 Å². The summed E-state index contributed by atoms with van der Waals surface area (Å²) in [6.07, 6.45) is -1.62. The molecule has 2 aromatic carbocycles. The minimum absolute atomic E-state index is 0.0778. The van der Waals surface area contributed by atoms with E-state index in [-0.39, 0.29) is 28.7 Å². The Morgan fingerprint density at radius 1 is 1.11 bits per heavy atom. The predicted octanol–water partition coefficient (Wildman–Crippen LogP) is 1.18. The van der Waals surface area contributed by atoms with Crippen molar-refractivity contribution in [3.8, 4) is 5.75 Å². The molecular formula is C24H24FN7O5. The first-order valence-electron chi connectivity index (χ1n) is 11.3. The van der Waals surface area contributed by atoms with E-state index in [1.165, 1.54) is 23.0 Å². The molecule has 2 aromatic heterocycles. The minimum atomic E-state index is -1.30. The highest BCUT2D eigenvalue weighted by Crippen LogP contribution is 2.32. The Morgan fingerprint density at radius 2 is 1.86 bits per heavy atom. The van der Waals surface area contributed by atoms with Gasteiger partial charge in [0.15, 0.2) is 17.7 Å². The monoisotopic (exact) mass is 509 g/mol. The highest BCUT2D eigenvalue weighted by molar-refractivity contribution is 5.83. The zero-order valence-electron chi connectivity index (χ0n) is 19.3. The van der Waals surface area contributed by atoms with Crippen molar-refractivity contribution < 1.29 is 29.2 Å². The Labute approximate surface area is 209 Å². The third-order valence-corrected chi connectivity index (χ3v) is 5.82. The first-order chi connectivity index (χ1) is 17.9. The van der Waals surface area contributed by atoms with Gasteiger partial charge in [-0.1, -0.05) is 12.1 Å². The normalized spacial score (nSPS) is 21.6. The predicted molar refractivity (Wildman–Crippen MR) is 131 cm³/mol. The fourth-order valence-corrected chi connectivity index (χ4v) is 3.85. The number of imidazole rings is 1. The van der Waals surface area contributed by atoms with Gasteiger partial charge in [-0.15, -0.1) is 0 Å². The lowest BCUT2D eigenvalue weighted by atomic mass is 10.1. The smallest absolute Gasteiger partial charge is 0.247 e. The summed E-state index contributed by atoms with van der Waals surface area (Å²) in [6.45, 7) is -0.142. The molecule has 0 spiro atoms. The summed E-state index contributed by atoms with van der Waals surface area (Å²) in [5, 5.41) is 33.9. The van der Waals surface area contributed by atoms with Crippen LogP contribution in [0.1, 0.15) is 17.4 Å². The third-order valence-electron chi connectivity index (χ3n) is 5.82. The standard InChI is InChI=1S/C24H24FN7O5/c25-15-5-1-14(2-6-15)11-36-16-7-3-13(4-8-16)9-28-31-24-29-21(26)18-22(30-24)32(12-27-18)23-20(35)19(34)17(10-33)37-23/h1-9,12,17,19-20,23,33-35H,10-11H2,(H3,26,29,30,31)/t17-,19-,20-,23-/m1/s1. The molecule has 4 aromatic rings. The van der Waals surface area contributed by atoms with E-state index in [0.29, 0.717) is 12.4 Å². The second-order valence-electron chi connectivity index (χ2n) is 8.34. The number of anilines is 2. The van der Waals surface area contributed by atoms with Gasteiger partial charge in [0.1, 0.15) is 42.0 Å². The molecule has 0 saturated carbocycles. The van der Waals surface area contributed by atoms with Crippen molar-refractivity contribution in [3.63, 3.8) is 0 Å². The maximum absolute atomic E-state index is 13.0. The van der Waals surface area contributed by atoms with Crippen molar-refractivity contribution in [1.29, 1.82) is 0 Å². The van der Waals surface area contributed by atoms with Crippen LogP contribution in [0.15, 0.2) is 60.0 Å². The summed E-state index contributed by atoms with van der Waals surface area (Å²) in [4.78, 5) is 12.7. The lowest BCUT2D eigenvalue weighted by Crippen LogP contribution is -2.33. The van der Waals surface area contributed by atoms with E-state index in [4.69, 9.17) is 15.2 Å². The molecule has 0 radical (unpaired) electrons. The number of aliphatic hydroxyl groups is 3. The van der Waals surface area contributed by atoms with E-state index in [1.54, 1.807) is 42.6 Å². The van der Waals surface area contributed by atoms with Gasteiger partial charge in [-0.05, 0) is 47.5 Å². The first-order valence-corrected chi connectivity index (χ1v) is 11.3. The molecule has 0 bridgehead atoms. The third kappa shape index (κ3) is 5.20. The summed E-state index contributed by atoms with van der Waals surface area (Å²) < 4.78 is 25.7. The van der Waals surface area contributed by atoms with Crippen LogP contribution in [0.3, 0.4) is 0 Å². The number of nitrogens with two attached hydrogens (primary N) is 1. The van der Waals surface area contributed by atoms with Gasteiger partial charge in [0.2, 0.25) is 5.95 Å². The van der Waals surface area contributed by atoms with Crippen molar-refractivity contribution in [2.75, 3.05) is 17.8 Å². The molecule has 37 heavy (non-hydrogen) atoms. The Bertz CT molecular complexity index is 1400. The number of hydrogen-bond donors (Lipinski definition) is 5. The molecule has 0 amide bonds. The topological polar surface area (TPSA) is 173 Å². The van der Waals surface area contributed by atoms with Gasteiger partial charge in [-0.2, -0.15) is 15.1 Å². The summed E-state index contributed by atoms with van der Waals surface area (Å²) in [6, 6.07) is 13.3. The van der Waals surface area contributed by atoms with E-state index in [0.717, 1.165) is 11.1 Å². The molecule has 192 valence electrons. The molecule has 6 N–H and O–H groups in total. The number of nitrogens with zero attached hydrogens (tertiary/aromatic N) is 5. The number of benzene rings is 2. The van der Waals surface area contributed by atoms with Crippen LogP contribution < -0.4 is 15.9 Å². The zero-order chi connectivity index (χ0) is 25.9. The molecule has 12 nitrogen and oxygen atoms in total. The Kier molecular flexibility index (Phi) is 6.92. The average Bonchev–Trinajstić information content (AvgIpc) is 3.45. The van der Waals surface area contributed by atoms with E-state index < -0.39 is 31.1 Å². The molecule has 4 atom stereocenters. The molecule has 1 aliphatic heterocycles. The van der Waals surface area contributed by atoms with Crippen LogP contribution in [0, 0.1) is 5.82 Å². The maximum atomic E-state index is 13.0. The van der Waals surface area contributed by atoms with Crippen LogP contribution in [0.2, 0.25) is 0 Å². The highest BCUT2D eigenvalue weighted by Gasteiger charge is 2.44. The van der Waals surface area contributed by atoms with Gasteiger partial charge in [-0.3, -0.25) is 4.57 Å². The largest absolute Gasteiger partial charge is 0.489 e. The minimum Gasteiger partial charge on any atom is -0.489 e. The van der Waals surface area contributed by atoms with Crippen molar-refractivity contribution in [2.45, 2.75) is 31.1 Å². The van der Waals surface area contributed by atoms with Crippen molar-refractivity contribution >= 4 is 29.1 Å². The number of hydrogen-bond acceptors (Lipinski definition) is 11. The number of aromatic nitrogens is 4. The Hall–Kier alpha value is -4.17. The number of nitrogen functional groups attached to an aromatic ring is 1. The van der Waals surface area contributed by atoms with Crippen LogP contribution in [0.4, 0.5) is 16.2 Å². The van der Waals surface area contributed by atoms with Crippen LogP contribution in [0.25, 0.3) is 11.2 Å². The number of rotatable bonds is 8. The molecule has 0 unspecified atom stereocenters. The molecule has 5 rings (SSSR count). The Balaban J connectivity index is 1.25. The lowest BCUT2D eigenvalue weighted by Gasteiger charge is -2.16. The molecule has 1 saturated heterocycles. The van der Waals surface area contributed by atoms with Gasteiger partial charge in [0.05, 0.1) is 19.1 Å². The number of nitrogens with one attached hydrogen (secondary N) is 1. The Morgan fingerprint density at radius 3 is 2.57 bits per heavy atom. The van der Waals surface area contributed by atoms with Crippen LogP contribution in [-0.2, 0) is 11.3 Å². The van der Waals surface area contributed by atoms with Gasteiger partial charge < -0.3 is 30.5 Å². The number of hydrazone groups is 1. The van der Waals surface area contributed by atoms with Gasteiger partial charge in [-0.25, -0.2) is 14.8 Å². The van der Waals surface area contributed by atoms with Gasteiger partial charge >= 0.3 is 0 Å². The molecule has 1 aliphatic rings. The van der Waals surface area contributed by atoms with Crippen LogP contribution >= 0.6 is 0 Å². The van der Waals surface area contributed by atoms with Gasteiger partial charge in [0.25, 0.3) is 0 Å². The number of ether oxygens (including phenoxy) is 2. The van der Waals surface area contributed by atoms with Gasteiger partial charge in [0, 0.05) is 0 Å². The average molecular weight is 509 g/mol. The van der Waals surface area contributed by atoms with E-state index >= 15 is 0 Å². The summed E-state index contributed by atoms with van der Waals surface area (Å²) in [5.41, 5.74) is 10.9. The summed E-state index contributed by atoms with van der Waals surface area (Å²) in [7, 11) is 0. The van der Waals surface area contributed by atoms with Crippen molar-refractivity contribution in [3.05, 3.63) is 71.8 Å². The highest BCUT2D eigenvalue weighted by atomic mass is 19.1. The molecule has 13 heteroatoms. The SMILES string of the molecule is Nc1nc(NN=Cc2ccc(OCc3ccc(F)cc3)cc2)nc2c1ncn2[C@@H]1O[C@H](CO)[C@@H](O)[C@H]1O. The second-order valence-corrected chi connectivity index (χ2v) is 8.34. The summed E-state index contributed by atoms with van der Waals surface area (Å²) >= 11 is 0. The first kappa shape index (κ1) is 24.5. The van der Waals surface area contributed by atoms with E-state index in [1.807, 2.05) is 0 Å². The molecule has 1 fully saturated rings. The van der Waals surface area contributed by atoms with Crippen LogP contribution in [-0.4, -0.2) is 66.0 Å². The van der Waals surface area contributed by atoms with Crippen molar-refractivity contribution in [1.82, 2.24) is 19.5 Å². The quantitative estimate of drug-likeness (QED) is 0.171. The fourth-order valence-electron chi connectivity index (χ4n) is 3.85. The summed E-state index contributed by atoms with van der Waals surface area (Å²) in [5.74, 6) is 0.510. The maximum Gasteiger partial charge on any atom is 0.247 e. The zero-order valence-corrected chi connectivity index (χ0v) is 19.3. The number of fused-ring (bicyclic) bond motifs is 1. The second kappa shape index (κ2) is 10.4. The molecular weight excluding hydrogens is 485 g/mol. The molecule has 0 aliphatic carbocycles. The lowest BCUT2D eigenvalue weighted by molar-refractivity contribution is -0.0511. The molecule has 3 heterocycles. The number of halogens is 1. The number of aliphatic hydroxyl groups excluding tert-OH is 3. The fraction of sp³-hybridized carbons (Fsp3) is 0.250. The van der Waals surface area contributed by atoms with E-state index in [2.05, 4.69) is 25.5 Å².